The highest BCUT2D eigenvalue weighted by molar-refractivity contribution is 6.06. The third-order valence-corrected chi connectivity index (χ3v) is 7.13. The van der Waals surface area contributed by atoms with Gasteiger partial charge in [0.1, 0.15) is 19.0 Å². The molecule has 0 saturated carbocycles. The number of hydrogen-bond acceptors (Lipinski definition) is 11. The summed E-state index contributed by atoms with van der Waals surface area (Å²) in [4.78, 5) is 64.1. The van der Waals surface area contributed by atoms with Gasteiger partial charge in [-0.1, -0.05) is 54.6 Å². The number of nitrogens with one attached hydrogen (secondary N) is 1. The number of anilines is 1. The molecule has 0 aliphatic carbocycles. The highest BCUT2D eigenvalue weighted by atomic mass is 16.7. The fourth-order valence-corrected chi connectivity index (χ4v) is 5.01. The lowest BCUT2D eigenvalue weighted by molar-refractivity contribution is -0.154. The van der Waals surface area contributed by atoms with Gasteiger partial charge in [-0.15, -0.1) is 0 Å². The van der Waals surface area contributed by atoms with E-state index >= 15 is 0 Å². The van der Waals surface area contributed by atoms with Crippen molar-refractivity contribution in [3.8, 4) is 0 Å². The van der Waals surface area contributed by atoms with Crippen LogP contribution in [0.15, 0.2) is 104 Å². The fraction of sp³-hybridized carbons (Fsp3) is 0.182. The van der Waals surface area contributed by atoms with E-state index in [9.17, 15) is 19.2 Å². The first-order valence-corrected chi connectivity index (χ1v) is 14.2. The van der Waals surface area contributed by atoms with E-state index in [1.165, 1.54) is 24.1 Å². The minimum atomic E-state index is -1.23. The Morgan fingerprint density at radius 2 is 1.37 bits per heavy atom. The molecule has 1 aliphatic rings. The van der Waals surface area contributed by atoms with E-state index in [0.29, 0.717) is 11.1 Å². The number of esters is 3. The maximum atomic E-state index is 13.3. The Balaban J connectivity index is 1.33. The molecule has 0 radical (unpaired) electrons. The highest BCUT2D eigenvalue weighted by Gasteiger charge is 2.51. The van der Waals surface area contributed by atoms with Gasteiger partial charge >= 0.3 is 17.9 Å². The molecule has 3 aromatic carbocycles. The number of carbonyl (C=O) groups is 4. The molecule has 0 spiro atoms. The minimum Gasteiger partial charge on any atom is -0.459 e. The number of carbonyl (C=O) groups excluding carboxylic acids is 4. The summed E-state index contributed by atoms with van der Waals surface area (Å²) in [6.45, 7) is 0.875. The molecular weight excluding hydrogens is 594 g/mol. The maximum absolute atomic E-state index is 13.3. The van der Waals surface area contributed by atoms with E-state index in [4.69, 9.17) is 18.9 Å². The van der Waals surface area contributed by atoms with Crippen LogP contribution >= 0.6 is 0 Å². The summed E-state index contributed by atoms with van der Waals surface area (Å²) in [6.07, 6.45) is -1.98. The third-order valence-electron chi connectivity index (χ3n) is 7.13. The van der Waals surface area contributed by atoms with Gasteiger partial charge in [-0.3, -0.25) is 14.2 Å². The van der Waals surface area contributed by atoms with Crippen LogP contribution in [0, 0.1) is 0 Å². The molecule has 1 amide bonds. The molecule has 46 heavy (non-hydrogen) atoms. The van der Waals surface area contributed by atoms with Gasteiger partial charge in [-0.05, 0) is 36.4 Å². The van der Waals surface area contributed by atoms with Gasteiger partial charge in [0.2, 0.25) is 0 Å². The molecule has 3 heterocycles. The Morgan fingerprint density at radius 3 is 2.00 bits per heavy atom. The van der Waals surface area contributed by atoms with E-state index in [2.05, 4.69) is 20.3 Å². The number of imidazole rings is 1. The van der Waals surface area contributed by atoms with Gasteiger partial charge in [-0.25, -0.2) is 24.5 Å². The molecule has 1 aliphatic heterocycles. The van der Waals surface area contributed by atoms with E-state index in [0.717, 1.165) is 0 Å². The number of hydrogen-bond donors (Lipinski definition) is 1. The van der Waals surface area contributed by atoms with Gasteiger partial charge in [0.15, 0.2) is 35.4 Å². The van der Waals surface area contributed by atoms with E-state index in [-0.39, 0.29) is 29.2 Å². The first-order chi connectivity index (χ1) is 22.4. The summed E-state index contributed by atoms with van der Waals surface area (Å²) >= 11 is 0. The SMILES string of the molecule is CC(=O)O[C@H]1[C@H](OC(=O)c2ccccc2)[C@@H](n2cnc3c(NC(=O)c4ccccc4)ncnc32)O[C@@H]1COC(=O)c1ccccc1. The second kappa shape index (κ2) is 13.4. The minimum absolute atomic E-state index is 0.137. The molecule has 13 nitrogen and oxygen atoms in total. The number of benzene rings is 3. The molecule has 2 aromatic heterocycles. The topological polar surface area (TPSA) is 161 Å². The summed E-state index contributed by atoms with van der Waals surface area (Å²) in [7, 11) is 0. The summed E-state index contributed by atoms with van der Waals surface area (Å²) < 4.78 is 24.9. The first kappa shape index (κ1) is 30.1. The lowest BCUT2D eigenvalue weighted by atomic mass is 10.1. The van der Waals surface area contributed by atoms with Crippen molar-refractivity contribution in [1.29, 1.82) is 0 Å². The summed E-state index contributed by atoms with van der Waals surface area (Å²) in [5.74, 6) is -2.26. The lowest BCUT2D eigenvalue weighted by Crippen LogP contribution is -2.41. The van der Waals surface area contributed by atoms with Crippen LogP contribution < -0.4 is 5.32 Å². The van der Waals surface area contributed by atoms with Crippen LogP contribution in [0.3, 0.4) is 0 Å². The quantitative estimate of drug-likeness (QED) is 0.187. The Hall–Kier alpha value is -5.95. The van der Waals surface area contributed by atoms with Gasteiger partial charge in [-0.2, -0.15) is 0 Å². The number of rotatable bonds is 9. The largest absolute Gasteiger partial charge is 0.459 e. The number of amides is 1. The number of nitrogens with zero attached hydrogens (tertiary/aromatic N) is 4. The van der Waals surface area contributed by atoms with Crippen LogP contribution in [-0.2, 0) is 23.7 Å². The van der Waals surface area contributed by atoms with Crippen molar-refractivity contribution in [2.75, 3.05) is 11.9 Å². The summed E-state index contributed by atoms with van der Waals surface area (Å²) in [5.41, 5.74) is 1.44. The standard InChI is InChI=1S/C33H27N5O8/c1-20(39)44-26-24(17-43-32(41)22-13-7-3-8-14-22)45-31(27(26)46-33(42)23-15-9-4-10-16-23)38-19-36-25-28(34-18-35-29(25)38)37-30(40)21-11-5-2-6-12-21/h2-16,18-19,24,26-27,31H,17H2,1H3,(H,34,35,37,40)/t24-,26-,27+,31+/m1/s1. The maximum Gasteiger partial charge on any atom is 0.338 e. The van der Waals surface area contributed by atoms with E-state index < -0.39 is 48.4 Å². The average molecular weight is 622 g/mol. The van der Waals surface area contributed by atoms with Crippen LogP contribution in [0.1, 0.15) is 44.2 Å². The van der Waals surface area contributed by atoms with Crippen molar-refractivity contribution in [2.24, 2.45) is 0 Å². The molecule has 0 bridgehead atoms. The van der Waals surface area contributed by atoms with Crippen LogP contribution in [0.25, 0.3) is 11.2 Å². The van der Waals surface area contributed by atoms with Crippen molar-refractivity contribution < 1.29 is 38.1 Å². The zero-order valence-electron chi connectivity index (χ0n) is 24.4. The second-order valence-corrected chi connectivity index (χ2v) is 10.2. The Kier molecular flexibility index (Phi) is 8.74. The first-order valence-electron chi connectivity index (χ1n) is 14.2. The normalized spacial score (nSPS) is 18.9. The molecular formula is C33H27N5O8. The molecule has 6 rings (SSSR count). The van der Waals surface area contributed by atoms with Gasteiger partial charge in [0.25, 0.3) is 5.91 Å². The summed E-state index contributed by atoms with van der Waals surface area (Å²) in [5, 5.41) is 2.74. The number of ether oxygens (including phenoxy) is 4. The van der Waals surface area contributed by atoms with Crippen molar-refractivity contribution in [3.05, 3.63) is 120 Å². The second-order valence-electron chi connectivity index (χ2n) is 10.2. The molecule has 4 atom stereocenters. The molecule has 1 saturated heterocycles. The zero-order valence-corrected chi connectivity index (χ0v) is 24.4. The Bertz CT molecular complexity index is 1870. The number of aromatic nitrogens is 4. The van der Waals surface area contributed by atoms with Gasteiger partial charge in [0, 0.05) is 12.5 Å². The molecule has 232 valence electrons. The van der Waals surface area contributed by atoms with Crippen molar-refractivity contribution in [1.82, 2.24) is 19.5 Å². The molecule has 1 N–H and O–H groups in total. The van der Waals surface area contributed by atoms with Crippen molar-refractivity contribution >= 4 is 40.8 Å². The predicted octanol–water partition coefficient (Wildman–Crippen LogP) is 3.99. The lowest BCUT2D eigenvalue weighted by Gasteiger charge is -2.24. The predicted molar refractivity (Wildman–Crippen MR) is 162 cm³/mol. The Morgan fingerprint density at radius 1 is 0.761 bits per heavy atom. The molecule has 5 aromatic rings. The fourth-order valence-electron chi connectivity index (χ4n) is 5.01. The van der Waals surface area contributed by atoms with Crippen molar-refractivity contribution in [2.45, 2.75) is 31.5 Å². The van der Waals surface area contributed by atoms with Crippen LogP contribution in [0.5, 0.6) is 0 Å². The van der Waals surface area contributed by atoms with Crippen LogP contribution in [0.2, 0.25) is 0 Å². The number of fused-ring (bicyclic) bond motifs is 1. The molecule has 13 heteroatoms. The van der Waals surface area contributed by atoms with Crippen LogP contribution in [0.4, 0.5) is 5.82 Å². The Labute approximate surface area is 262 Å². The van der Waals surface area contributed by atoms with Crippen LogP contribution in [-0.4, -0.2) is 68.3 Å². The van der Waals surface area contributed by atoms with Gasteiger partial charge in [0.05, 0.1) is 17.5 Å². The van der Waals surface area contributed by atoms with Crippen molar-refractivity contribution in [3.63, 3.8) is 0 Å². The zero-order chi connectivity index (χ0) is 32.0. The summed E-state index contributed by atoms with van der Waals surface area (Å²) in [6, 6.07) is 25.2. The van der Waals surface area contributed by atoms with E-state index in [1.54, 1.807) is 91.0 Å². The molecule has 1 fully saturated rings. The monoisotopic (exact) mass is 621 g/mol. The smallest absolute Gasteiger partial charge is 0.338 e. The average Bonchev–Trinajstić information content (AvgIpc) is 3.66. The molecule has 0 unspecified atom stereocenters. The van der Waals surface area contributed by atoms with E-state index in [1.807, 2.05) is 0 Å². The highest BCUT2D eigenvalue weighted by Crippen LogP contribution is 2.37. The van der Waals surface area contributed by atoms with Gasteiger partial charge < -0.3 is 24.3 Å². The third kappa shape index (κ3) is 6.44.